The van der Waals surface area contributed by atoms with Crippen LogP contribution in [0.5, 0.6) is 0 Å². The minimum atomic E-state index is -0.751. The maximum Gasteiger partial charge on any atom is 0.0675 e. The highest BCUT2D eigenvalue weighted by molar-refractivity contribution is 5.83. The summed E-state index contributed by atoms with van der Waals surface area (Å²) in [5.41, 5.74) is 7.26. The second-order valence-corrected chi connectivity index (χ2v) is 5.21. The van der Waals surface area contributed by atoms with Gasteiger partial charge in [-0.15, -0.1) is 0 Å². The first-order chi connectivity index (χ1) is 7.98. The summed E-state index contributed by atoms with van der Waals surface area (Å²) in [6.07, 6.45) is 3.20. The fourth-order valence-corrected chi connectivity index (χ4v) is 2.45. The number of H-pyrrole nitrogens is 1. The quantitative estimate of drug-likeness (QED) is 0.756. The third-order valence-electron chi connectivity index (χ3n) is 3.01. The lowest BCUT2D eigenvalue weighted by Gasteiger charge is -2.25. The van der Waals surface area contributed by atoms with Crippen molar-refractivity contribution in [3.8, 4) is 0 Å². The summed E-state index contributed by atoms with van der Waals surface area (Å²) in [4.78, 5) is 3.22. The number of benzene rings is 1. The number of nitrogens with one attached hydrogen (secondary N) is 1. The average molecular weight is 232 g/mol. The van der Waals surface area contributed by atoms with Gasteiger partial charge in [-0.05, 0) is 31.9 Å². The molecule has 0 fully saturated rings. The van der Waals surface area contributed by atoms with E-state index in [2.05, 4.69) is 11.1 Å². The van der Waals surface area contributed by atoms with Crippen LogP contribution in [0.2, 0.25) is 0 Å². The lowest BCUT2D eigenvalue weighted by molar-refractivity contribution is 0.0463. The highest BCUT2D eigenvalue weighted by Gasteiger charge is 2.23. The summed E-state index contributed by atoms with van der Waals surface area (Å²) in [5.74, 6) is 0. The van der Waals surface area contributed by atoms with Gasteiger partial charge in [-0.3, -0.25) is 0 Å². The first-order valence-electron chi connectivity index (χ1n) is 6.01. The Balaban J connectivity index is 2.23. The van der Waals surface area contributed by atoms with Crippen molar-refractivity contribution >= 4 is 10.9 Å². The Bertz CT molecular complexity index is 500. The lowest BCUT2D eigenvalue weighted by atomic mass is 9.90. The third kappa shape index (κ3) is 2.87. The van der Waals surface area contributed by atoms with Gasteiger partial charge in [-0.2, -0.15) is 0 Å². The van der Waals surface area contributed by atoms with Crippen LogP contribution in [0.3, 0.4) is 0 Å². The molecule has 92 valence electrons. The fourth-order valence-electron chi connectivity index (χ4n) is 2.45. The summed E-state index contributed by atoms with van der Waals surface area (Å²) in [5, 5.41) is 11.5. The Hall–Kier alpha value is -1.32. The Labute approximate surface area is 102 Å². The molecule has 1 heterocycles. The van der Waals surface area contributed by atoms with Gasteiger partial charge < -0.3 is 15.8 Å². The molecule has 0 unspecified atom stereocenters. The number of hydrogen-bond acceptors (Lipinski definition) is 2. The van der Waals surface area contributed by atoms with Gasteiger partial charge >= 0.3 is 0 Å². The van der Waals surface area contributed by atoms with Crippen LogP contribution in [0.1, 0.15) is 25.8 Å². The molecule has 3 nitrogen and oxygen atoms in total. The number of aromatic nitrogens is 1. The van der Waals surface area contributed by atoms with E-state index < -0.39 is 5.60 Å². The summed E-state index contributed by atoms with van der Waals surface area (Å²) in [6, 6.07) is 8.14. The minimum absolute atomic E-state index is 0.00945. The van der Waals surface area contributed by atoms with Crippen LogP contribution < -0.4 is 5.73 Å². The molecule has 0 aliphatic heterocycles. The smallest absolute Gasteiger partial charge is 0.0675 e. The van der Waals surface area contributed by atoms with E-state index in [0.29, 0.717) is 12.8 Å². The van der Waals surface area contributed by atoms with E-state index in [-0.39, 0.29) is 6.04 Å². The first-order valence-corrected chi connectivity index (χ1v) is 6.01. The fraction of sp³-hybridized carbons (Fsp3) is 0.429. The largest absolute Gasteiger partial charge is 0.390 e. The summed E-state index contributed by atoms with van der Waals surface area (Å²) >= 11 is 0. The highest BCUT2D eigenvalue weighted by atomic mass is 16.3. The van der Waals surface area contributed by atoms with Crippen molar-refractivity contribution in [2.24, 2.45) is 5.73 Å². The molecule has 0 radical (unpaired) electrons. The molecule has 4 N–H and O–H groups in total. The molecule has 3 heteroatoms. The van der Waals surface area contributed by atoms with E-state index >= 15 is 0 Å². The molecule has 0 bridgehead atoms. The van der Waals surface area contributed by atoms with Gasteiger partial charge in [-0.25, -0.2) is 0 Å². The van der Waals surface area contributed by atoms with Gasteiger partial charge in [0, 0.05) is 29.6 Å². The second kappa shape index (κ2) is 4.51. The predicted molar refractivity (Wildman–Crippen MR) is 70.9 cm³/mol. The molecule has 1 aromatic carbocycles. The summed E-state index contributed by atoms with van der Waals surface area (Å²) < 4.78 is 0. The Morgan fingerprint density at radius 1 is 1.41 bits per heavy atom. The number of hydrogen-bond donors (Lipinski definition) is 3. The second-order valence-electron chi connectivity index (χ2n) is 5.21. The number of aliphatic hydroxyl groups is 1. The molecule has 0 spiro atoms. The third-order valence-corrected chi connectivity index (χ3v) is 3.01. The molecule has 0 saturated carbocycles. The van der Waals surface area contributed by atoms with E-state index in [4.69, 9.17) is 5.73 Å². The molecule has 2 rings (SSSR count). The topological polar surface area (TPSA) is 62.0 Å². The van der Waals surface area contributed by atoms with Crippen LogP contribution in [0.4, 0.5) is 0 Å². The Morgan fingerprint density at radius 3 is 2.82 bits per heavy atom. The van der Waals surface area contributed by atoms with Crippen LogP contribution in [-0.2, 0) is 6.42 Å². The van der Waals surface area contributed by atoms with Crippen LogP contribution in [0, 0.1) is 0 Å². The van der Waals surface area contributed by atoms with Gasteiger partial charge in [0.1, 0.15) is 0 Å². The van der Waals surface area contributed by atoms with Crippen LogP contribution in [-0.4, -0.2) is 21.7 Å². The Morgan fingerprint density at radius 2 is 2.12 bits per heavy atom. The number of nitrogens with two attached hydrogens (primary N) is 1. The molecule has 2 aromatic rings. The zero-order valence-electron chi connectivity index (χ0n) is 10.4. The van der Waals surface area contributed by atoms with Crippen molar-refractivity contribution in [3.63, 3.8) is 0 Å². The van der Waals surface area contributed by atoms with Crippen LogP contribution in [0.15, 0.2) is 30.5 Å². The van der Waals surface area contributed by atoms with Crippen LogP contribution >= 0.6 is 0 Å². The zero-order valence-corrected chi connectivity index (χ0v) is 10.4. The number of fused-ring (bicyclic) bond motifs is 1. The number of para-hydroxylation sites is 1. The zero-order chi connectivity index (χ0) is 12.5. The summed E-state index contributed by atoms with van der Waals surface area (Å²) in [7, 11) is 0. The van der Waals surface area contributed by atoms with Crippen molar-refractivity contribution in [2.45, 2.75) is 38.3 Å². The molecule has 0 aliphatic carbocycles. The lowest BCUT2D eigenvalue weighted by Crippen LogP contribution is -2.34. The highest BCUT2D eigenvalue weighted by Crippen LogP contribution is 2.24. The van der Waals surface area contributed by atoms with Gasteiger partial charge in [0.05, 0.1) is 5.60 Å². The van der Waals surface area contributed by atoms with E-state index in [9.17, 15) is 5.11 Å². The number of aromatic amines is 1. The first kappa shape index (κ1) is 12.1. The minimum Gasteiger partial charge on any atom is -0.390 e. The predicted octanol–water partition coefficient (Wildman–Crippen LogP) is 2.20. The van der Waals surface area contributed by atoms with E-state index in [0.717, 1.165) is 11.1 Å². The van der Waals surface area contributed by atoms with Crippen molar-refractivity contribution in [3.05, 3.63) is 36.0 Å². The Kier molecular flexibility index (Phi) is 3.22. The summed E-state index contributed by atoms with van der Waals surface area (Å²) in [6.45, 7) is 3.77. The maximum atomic E-state index is 10.3. The van der Waals surface area contributed by atoms with Gasteiger partial charge in [0.15, 0.2) is 0 Å². The molecule has 17 heavy (non-hydrogen) atoms. The normalized spacial score (nSPS) is 16.9. The maximum absolute atomic E-state index is 10.3. The SMILES string of the molecule is C[C@H](N)C[C@](C)(O)Cc1c[nH]c2ccccc12. The van der Waals surface area contributed by atoms with E-state index in [1.54, 1.807) is 0 Å². The standard InChI is InChI=1S/C14H20N2O/c1-10(15)7-14(2,17)8-11-9-16-13-6-4-3-5-12(11)13/h3-6,9-10,16-17H,7-8,15H2,1-2H3/t10-,14-/m0/s1. The molecular weight excluding hydrogens is 212 g/mol. The average Bonchev–Trinajstić information content (AvgIpc) is 2.59. The van der Waals surface area contributed by atoms with Crippen molar-refractivity contribution in [1.29, 1.82) is 0 Å². The molecule has 0 aliphatic rings. The van der Waals surface area contributed by atoms with Crippen molar-refractivity contribution < 1.29 is 5.11 Å². The molecule has 1 aromatic heterocycles. The molecule has 0 saturated heterocycles. The van der Waals surface area contributed by atoms with Gasteiger partial charge in [0.25, 0.3) is 0 Å². The molecule has 0 amide bonds. The van der Waals surface area contributed by atoms with E-state index in [1.165, 1.54) is 5.39 Å². The van der Waals surface area contributed by atoms with Crippen molar-refractivity contribution in [1.82, 2.24) is 4.98 Å². The van der Waals surface area contributed by atoms with Crippen LogP contribution in [0.25, 0.3) is 10.9 Å². The van der Waals surface area contributed by atoms with E-state index in [1.807, 2.05) is 38.2 Å². The van der Waals surface area contributed by atoms with Gasteiger partial charge in [-0.1, -0.05) is 18.2 Å². The number of rotatable bonds is 4. The molecular formula is C14H20N2O. The monoisotopic (exact) mass is 232 g/mol. The van der Waals surface area contributed by atoms with Crippen molar-refractivity contribution in [2.75, 3.05) is 0 Å². The van der Waals surface area contributed by atoms with Gasteiger partial charge in [0.2, 0.25) is 0 Å². The molecule has 2 atom stereocenters.